The van der Waals surface area contributed by atoms with Crippen molar-refractivity contribution in [1.29, 1.82) is 0 Å². The predicted molar refractivity (Wildman–Crippen MR) is 130 cm³/mol. The summed E-state index contributed by atoms with van der Waals surface area (Å²) in [6.07, 6.45) is 0.170. The molecule has 4 N–H and O–H groups in total. The van der Waals surface area contributed by atoms with Gasteiger partial charge in [-0.1, -0.05) is 0 Å². The van der Waals surface area contributed by atoms with E-state index >= 15 is 0 Å². The summed E-state index contributed by atoms with van der Waals surface area (Å²) in [7, 11) is 1.47. The van der Waals surface area contributed by atoms with Gasteiger partial charge in [0.1, 0.15) is 5.75 Å². The number of nitrogens with one attached hydrogen (secondary N) is 2. The Labute approximate surface area is 211 Å². The Balaban J connectivity index is 0.00000612. The first kappa shape index (κ1) is 30.6. The number of nitrogens with zero attached hydrogens (tertiary/aromatic N) is 1. The van der Waals surface area contributed by atoms with E-state index in [0.717, 1.165) is 0 Å². The average Bonchev–Trinajstić information content (AvgIpc) is 2.83. The molecule has 35 heavy (non-hydrogen) atoms. The molecule has 1 fully saturated rings. The number of amides is 4. The van der Waals surface area contributed by atoms with Crippen molar-refractivity contribution >= 4 is 35.9 Å². The molecule has 0 atom stereocenters. The fourth-order valence-electron chi connectivity index (χ4n) is 3.02. The molecule has 0 aliphatic carbocycles. The molecule has 0 spiro atoms. The van der Waals surface area contributed by atoms with Crippen LogP contribution in [0, 0.1) is 0 Å². The van der Waals surface area contributed by atoms with Gasteiger partial charge in [0.25, 0.3) is 5.91 Å². The minimum Gasteiger partial charge on any atom is -0.495 e. The Morgan fingerprint density at radius 3 is 2.17 bits per heavy atom. The molecule has 1 heterocycles. The van der Waals surface area contributed by atoms with Crippen LogP contribution in [0.4, 0.5) is 10.5 Å². The van der Waals surface area contributed by atoms with Crippen molar-refractivity contribution in [3.63, 3.8) is 0 Å². The van der Waals surface area contributed by atoms with E-state index in [1.807, 2.05) is 0 Å². The van der Waals surface area contributed by atoms with E-state index in [2.05, 4.69) is 10.6 Å². The van der Waals surface area contributed by atoms with Crippen LogP contribution in [0.2, 0.25) is 0 Å². The molecule has 1 aliphatic heterocycles. The number of benzene rings is 1. The summed E-state index contributed by atoms with van der Waals surface area (Å²) in [5, 5.41) is 5.03. The second-order valence-corrected chi connectivity index (χ2v) is 7.14. The number of methoxy groups -OCH3 is 1. The van der Waals surface area contributed by atoms with E-state index in [-0.39, 0.29) is 37.2 Å². The third-order valence-corrected chi connectivity index (χ3v) is 4.70. The number of carbonyl (C=O) groups excluding carboxylic acids is 3. The van der Waals surface area contributed by atoms with Crippen molar-refractivity contribution in [3.8, 4) is 5.75 Å². The average molecular weight is 519 g/mol. The third kappa shape index (κ3) is 11.2. The summed E-state index contributed by atoms with van der Waals surface area (Å²) in [6, 6.07) is 4.22. The molecule has 0 saturated carbocycles. The third-order valence-electron chi connectivity index (χ3n) is 4.70. The van der Waals surface area contributed by atoms with Gasteiger partial charge in [-0.25, -0.2) is 4.79 Å². The first-order valence-electron chi connectivity index (χ1n) is 11.2. The molecule has 1 saturated heterocycles. The molecular weight excluding hydrogens is 484 g/mol. The summed E-state index contributed by atoms with van der Waals surface area (Å²) in [5.74, 6) is -0.225. The van der Waals surface area contributed by atoms with Gasteiger partial charge in [0.05, 0.1) is 65.7 Å². The zero-order valence-corrected chi connectivity index (χ0v) is 20.7. The first-order chi connectivity index (χ1) is 16.6. The highest BCUT2D eigenvalue weighted by Crippen LogP contribution is 2.30. The molecule has 1 aliphatic rings. The van der Waals surface area contributed by atoms with Gasteiger partial charge < -0.3 is 34.7 Å². The van der Waals surface area contributed by atoms with Crippen molar-refractivity contribution in [2.75, 3.05) is 84.5 Å². The highest BCUT2D eigenvalue weighted by atomic mass is 35.5. The van der Waals surface area contributed by atoms with Crippen LogP contribution in [-0.2, 0) is 23.7 Å². The zero-order valence-electron chi connectivity index (χ0n) is 19.9. The first-order valence-corrected chi connectivity index (χ1v) is 11.2. The van der Waals surface area contributed by atoms with E-state index < -0.39 is 6.03 Å². The topological polar surface area (TPSA) is 151 Å². The van der Waals surface area contributed by atoms with E-state index in [0.29, 0.717) is 82.9 Å². The SMILES string of the molecule is COc1ccc(C(=O)NCCOCCOCCOCCOCCN)cc1N1CCC(=O)NC1=O.Cl. The van der Waals surface area contributed by atoms with Gasteiger partial charge in [0, 0.05) is 31.6 Å². The quantitative estimate of drug-likeness (QED) is 0.248. The van der Waals surface area contributed by atoms with Crippen molar-refractivity contribution in [2.24, 2.45) is 5.73 Å². The number of rotatable bonds is 17. The number of hydrogen-bond acceptors (Lipinski definition) is 9. The molecule has 4 amide bonds. The molecule has 1 aromatic rings. The zero-order chi connectivity index (χ0) is 24.6. The Kier molecular flexibility index (Phi) is 15.6. The monoisotopic (exact) mass is 518 g/mol. The lowest BCUT2D eigenvalue weighted by Gasteiger charge is -2.28. The van der Waals surface area contributed by atoms with Gasteiger partial charge in [-0.3, -0.25) is 19.8 Å². The molecule has 198 valence electrons. The fourth-order valence-corrected chi connectivity index (χ4v) is 3.02. The smallest absolute Gasteiger partial charge is 0.328 e. The van der Waals surface area contributed by atoms with Gasteiger partial charge in [-0.15, -0.1) is 12.4 Å². The summed E-state index contributed by atoms with van der Waals surface area (Å²) in [5.41, 5.74) is 6.09. The number of anilines is 1. The molecule has 2 rings (SSSR count). The molecular formula is C22H35ClN4O8. The fraction of sp³-hybridized carbons (Fsp3) is 0.591. The second kappa shape index (κ2) is 17.9. The largest absolute Gasteiger partial charge is 0.495 e. The Bertz CT molecular complexity index is 799. The number of ether oxygens (including phenoxy) is 5. The lowest BCUT2D eigenvalue weighted by Crippen LogP contribution is -2.49. The number of halogens is 1. The van der Waals surface area contributed by atoms with Gasteiger partial charge in [-0.05, 0) is 18.2 Å². The Morgan fingerprint density at radius 2 is 1.60 bits per heavy atom. The standard InChI is InChI=1S/C22H34N4O8.ClH/c1-30-19-3-2-17(16-18(19)26-7-4-20(27)25-22(26)29)21(28)24-6-9-32-11-13-34-15-14-33-12-10-31-8-5-23;/h2-3,16H,4-15,23H2,1H3,(H,24,28)(H,25,27,29);1H. The molecule has 12 nitrogen and oxygen atoms in total. The molecule has 0 aromatic heterocycles. The van der Waals surface area contributed by atoms with Gasteiger partial charge in [0.2, 0.25) is 5.91 Å². The Hall–Kier alpha value is -2.48. The summed E-state index contributed by atoms with van der Waals surface area (Å²) >= 11 is 0. The summed E-state index contributed by atoms with van der Waals surface area (Å²) < 4.78 is 26.7. The maximum atomic E-state index is 12.5. The van der Waals surface area contributed by atoms with E-state index in [1.54, 1.807) is 18.2 Å². The van der Waals surface area contributed by atoms with Gasteiger partial charge in [0.15, 0.2) is 0 Å². The number of hydrogen-bond donors (Lipinski definition) is 3. The number of carbonyl (C=O) groups is 3. The summed E-state index contributed by atoms with van der Waals surface area (Å²) in [6.45, 7) is 4.62. The van der Waals surface area contributed by atoms with Crippen LogP contribution in [0.25, 0.3) is 0 Å². The van der Waals surface area contributed by atoms with Crippen molar-refractivity contribution in [3.05, 3.63) is 23.8 Å². The number of nitrogens with two attached hydrogens (primary N) is 1. The summed E-state index contributed by atoms with van der Waals surface area (Å²) in [4.78, 5) is 37.4. The number of imide groups is 1. The van der Waals surface area contributed by atoms with Crippen LogP contribution in [-0.4, -0.2) is 97.4 Å². The van der Waals surface area contributed by atoms with Crippen LogP contribution in [0.3, 0.4) is 0 Å². The van der Waals surface area contributed by atoms with Crippen LogP contribution in [0.15, 0.2) is 18.2 Å². The van der Waals surface area contributed by atoms with Crippen molar-refractivity contribution in [1.82, 2.24) is 10.6 Å². The molecule has 0 bridgehead atoms. The van der Waals surface area contributed by atoms with Crippen LogP contribution >= 0.6 is 12.4 Å². The molecule has 0 unspecified atom stereocenters. The maximum absolute atomic E-state index is 12.5. The van der Waals surface area contributed by atoms with Gasteiger partial charge >= 0.3 is 6.03 Å². The van der Waals surface area contributed by atoms with Crippen LogP contribution in [0.5, 0.6) is 5.75 Å². The van der Waals surface area contributed by atoms with E-state index in [4.69, 9.17) is 29.4 Å². The maximum Gasteiger partial charge on any atom is 0.328 e. The normalized spacial score (nSPS) is 13.3. The molecule has 0 radical (unpaired) electrons. The van der Waals surface area contributed by atoms with Crippen molar-refractivity contribution in [2.45, 2.75) is 6.42 Å². The van der Waals surface area contributed by atoms with Crippen LogP contribution in [0.1, 0.15) is 16.8 Å². The van der Waals surface area contributed by atoms with Crippen molar-refractivity contribution < 1.29 is 38.1 Å². The minimum absolute atomic E-state index is 0. The second-order valence-electron chi connectivity index (χ2n) is 7.14. The lowest BCUT2D eigenvalue weighted by atomic mass is 10.1. The molecule has 1 aromatic carbocycles. The lowest BCUT2D eigenvalue weighted by molar-refractivity contribution is -0.120. The van der Waals surface area contributed by atoms with E-state index in [1.165, 1.54) is 12.0 Å². The van der Waals surface area contributed by atoms with Gasteiger partial charge in [-0.2, -0.15) is 0 Å². The predicted octanol–water partition coefficient (Wildman–Crippen LogP) is 0.318. The molecule has 13 heteroatoms. The van der Waals surface area contributed by atoms with E-state index in [9.17, 15) is 14.4 Å². The minimum atomic E-state index is -0.550. The Morgan fingerprint density at radius 1 is 1.00 bits per heavy atom. The highest BCUT2D eigenvalue weighted by molar-refractivity contribution is 6.07. The highest BCUT2D eigenvalue weighted by Gasteiger charge is 2.27. The number of urea groups is 1. The van der Waals surface area contributed by atoms with Crippen LogP contribution < -0.4 is 26.0 Å².